The van der Waals surface area contributed by atoms with E-state index >= 15 is 0 Å². The van der Waals surface area contributed by atoms with Crippen LogP contribution in [0.3, 0.4) is 0 Å². The average Bonchev–Trinajstić information content (AvgIpc) is 2.44. The molecule has 1 aromatic rings. The Labute approximate surface area is 121 Å². The first kappa shape index (κ1) is 16.4. The highest BCUT2D eigenvalue weighted by Gasteiger charge is 2.14. The molecule has 1 aromatic heterocycles. The standard InChI is InChI=1S/C15H25N3O2/c1-5-7-13-10-12(11-14(17-13)16-6-2)15(19)18(3)8-9-20-4/h10-11H,5-9H2,1-4H3,(H,16,17). The van der Waals surface area contributed by atoms with E-state index in [4.69, 9.17) is 4.74 Å². The van der Waals surface area contributed by atoms with Crippen LogP contribution in [0.4, 0.5) is 5.82 Å². The van der Waals surface area contributed by atoms with Crippen molar-refractivity contribution in [3.8, 4) is 0 Å². The molecular weight excluding hydrogens is 254 g/mol. The van der Waals surface area contributed by atoms with E-state index in [9.17, 15) is 4.79 Å². The van der Waals surface area contributed by atoms with E-state index in [1.807, 2.05) is 19.1 Å². The topological polar surface area (TPSA) is 54.5 Å². The van der Waals surface area contributed by atoms with Crippen molar-refractivity contribution in [2.45, 2.75) is 26.7 Å². The van der Waals surface area contributed by atoms with Gasteiger partial charge < -0.3 is 15.0 Å². The average molecular weight is 279 g/mol. The number of nitrogens with one attached hydrogen (secondary N) is 1. The third kappa shape index (κ3) is 4.81. The van der Waals surface area contributed by atoms with Gasteiger partial charge >= 0.3 is 0 Å². The third-order valence-corrected chi connectivity index (χ3v) is 2.97. The van der Waals surface area contributed by atoms with Crippen molar-refractivity contribution < 1.29 is 9.53 Å². The Morgan fingerprint density at radius 3 is 2.75 bits per heavy atom. The number of aryl methyl sites for hydroxylation is 1. The Bertz CT molecular complexity index is 411. The lowest BCUT2D eigenvalue weighted by atomic mass is 10.1. The normalized spacial score (nSPS) is 10.4. The minimum Gasteiger partial charge on any atom is -0.383 e. The summed E-state index contributed by atoms with van der Waals surface area (Å²) in [4.78, 5) is 18.6. The first-order valence-electron chi connectivity index (χ1n) is 7.11. The summed E-state index contributed by atoms with van der Waals surface area (Å²) in [5.74, 6) is 0.767. The van der Waals surface area contributed by atoms with Crippen molar-refractivity contribution in [2.24, 2.45) is 0 Å². The summed E-state index contributed by atoms with van der Waals surface area (Å²) in [6.45, 7) is 6.02. The first-order valence-corrected chi connectivity index (χ1v) is 7.11. The number of hydrogen-bond donors (Lipinski definition) is 1. The van der Waals surface area contributed by atoms with E-state index in [1.54, 1.807) is 19.1 Å². The van der Waals surface area contributed by atoms with Gasteiger partial charge in [-0.15, -0.1) is 0 Å². The number of pyridine rings is 1. The van der Waals surface area contributed by atoms with Gasteiger partial charge in [-0.2, -0.15) is 0 Å². The molecule has 0 aromatic carbocycles. The van der Waals surface area contributed by atoms with Gasteiger partial charge in [0.1, 0.15) is 5.82 Å². The summed E-state index contributed by atoms with van der Waals surface area (Å²) < 4.78 is 5.00. The number of carbonyl (C=O) groups excluding carboxylic acids is 1. The predicted molar refractivity (Wildman–Crippen MR) is 81.2 cm³/mol. The number of carbonyl (C=O) groups is 1. The fourth-order valence-corrected chi connectivity index (χ4v) is 1.92. The molecule has 0 unspecified atom stereocenters. The molecule has 1 amide bonds. The number of nitrogens with zero attached hydrogens (tertiary/aromatic N) is 2. The van der Waals surface area contributed by atoms with Crippen LogP contribution in [-0.4, -0.2) is 49.6 Å². The van der Waals surface area contributed by atoms with Crippen molar-refractivity contribution in [3.63, 3.8) is 0 Å². The quantitative estimate of drug-likeness (QED) is 0.792. The van der Waals surface area contributed by atoms with Crippen LogP contribution in [-0.2, 0) is 11.2 Å². The van der Waals surface area contributed by atoms with Gasteiger partial charge in [0.05, 0.1) is 6.61 Å². The van der Waals surface area contributed by atoms with Crippen molar-refractivity contribution >= 4 is 11.7 Å². The Hall–Kier alpha value is -1.62. The number of aromatic nitrogens is 1. The highest BCUT2D eigenvalue weighted by atomic mass is 16.5. The number of methoxy groups -OCH3 is 1. The van der Waals surface area contributed by atoms with Crippen LogP contribution in [0.5, 0.6) is 0 Å². The smallest absolute Gasteiger partial charge is 0.253 e. The van der Waals surface area contributed by atoms with Crippen LogP contribution in [0.1, 0.15) is 36.3 Å². The second-order valence-corrected chi connectivity index (χ2v) is 4.73. The van der Waals surface area contributed by atoms with Gasteiger partial charge in [-0.25, -0.2) is 4.98 Å². The highest BCUT2D eigenvalue weighted by molar-refractivity contribution is 5.94. The maximum Gasteiger partial charge on any atom is 0.253 e. The van der Waals surface area contributed by atoms with Crippen LogP contribution < -0.4 is 5.32 Å². The molecule has 1 N–H and O–H groups in total. The fourth-order valence-electron chi connectivity index (χ4n) is 1.92. The Morgan fingerprint density at radius 1 is 1.40 bits per heavy atom. The van der Waals surface area contributed by atoms with E-state index in [2.05, 4.69) is 17.2 Å². The highest BCUT2D eigenvalue weighted by Crippen LogP contribution is 2.14. The zero-order chi connectivity index (χ0) is 15.0. The number of hydrogen-bond acceptors (Lipinski definition) is 4. The van der Waals surface area contributed by atoms with Crippen LogP contribution >= 0.6 is 0 Å². The Balaban J connectivity index is 2.93. The molecule has 0 atom stereocenters. The Morgan fingerprint density at radius 2 is 2.15 bits per heavy atom. The summed E-state index contributed by atoms with van der Waals surface area (Å²) in [6, 6.07) is 3.70. The zero-order valence-corrected chi connectivity index (χ0v) is 12.9. The van der Waals surface area contributed by atoms with E-state index in [0.717, 1.165) is 30.9 Å². The molecular formula is C15H25N3O2. The van der Waals surface area contributed by atoms with Crippen LogP contribution in [0.25, 0.3) is 0 Å². The lowest BCUT2D eigenvalue weighted by molar-refractivity contribution is 0.0744. The van der Waals surface area contributed by atoms with Gasteiger partial charge in [0.15, 0.2) is 0 Å². The molecule has 0 saturated carbocycles. The van der Waals surface area contributed by atoms with Crippen LogP contribution in [0.15, 0.2) is 12.1 Å². The van der Waals surface area contributed by atoms with Crippen molar-refractivity contribution in [3.05, 3.63) is 23.4 Å². The molecule has 0 saturated heterocycles. The molecule has 0 aliphatic heterocycles. The maximum atomic E-state index is 12.4. The van der Waals surface area contributed by atoms with Gasteiger partial charge in [0.2, 0.25) is 0 Å². The van der Waals surface area contributed by atoms with E-state index in [-0.39, 0.29) is 5.91 Å². The molecule has 0 bridgehead atoms. The van der Waals surface area contributed by atoms with Gasteiger partial charge in [-0.05, 0) is 25.5 Å². The first-order chi connectivity index (χ1) is 9.62. The molecule has 0 spiro atoms. The predicted octanol–water partition coefficient (Wildman–Crippen LogP) is 2.18. The lowest BCUT2D eigenvalue weighted by Gasteiger charge is -2.17. The molecule has 0 fully saturated rings. The monoisotopic (exact) mass is 279 g/mol. The summed E-state index contributed by atoms with van der Waals surface area (Å²) in [5.41, 5.74) is 1.63. The molecule has 5 heteroatoms. The summed E-state index contributed by atoms with van der Waals surface area (Å²) in [6.07, 6.45) is 1.89. The summed E-state index contributed by atoms with van der Waals surface area (Å²) in [7, 11) is 3.42. The fraction of sp³-hybridized carbons (Fsp3) is 0.600. The van der Waals surface area contributed by atoms with Crippen molar-refractivity contribution in [2.75, 3.05) is 39.2 Å². The number of amides is 1. The molecule has 1 rings (SSSR count). The second-order valence-electron chi connectivity index (χ2n) is 4.73. The molecule has 0 radical (unpaired) electrons. The molecule has 0 aliphatic carbocycles. The lowest BCUT2D eigenvalue weighted by Crippen LogP contribution is -2.30. The van der Waals surface area contributed by atoms with Gasteiger partial charge in [0, 0.05) is 38.5 Å². The van der Waals surface area contributed by atoms with Crippen molar-refractivity contribution in [1.29, 1.82) is 0 Å². The molecule has 1 heterocycles. The van der Waals surface area contributed by atoms with Crippen LogP contribution in [0, 0.1) is 0 Å². The second kappa shape index (κ2) is 8.53. The number of ether oxygens (including phenoxy) is 1. The Kier molecular flexibility index (Phi) is 7.01. The summed E-state index contributed by atoms with van der Waals surface area (Å²) >= 11 is 0. The van der Waals surface area contributed by atoms with Gasteiger partial charge in [0.25, 0.3) is 5.91 Å². The number of rotatable bonds is 8. The molecule has 5 nitrogen and oxygen atoms in total. The molecule has 0 aliphatic rings. The zero-order valence-electron chi connectivity index (χ0n) is 12.9. The SMILES string of the molecule is CCCc1cc(C(=O)N(C)CCOC)cc(NCC)n1. The van der Waals surface area contributed by atoms with E-state index in [1.165, 1.54) is 0 Å². The molecule has 112 valence electrons. The molecule has 20 heavy (non-hydrogen) atoms. The largest absolute Gasteiger partial charge is 0.383 e. The number of likely N-dealkylation sites (N-methyl/N-ethyl adjacent to an activating group) is 1. The summed E-state index contributed by atoms with van der Waals surface area (Å²) in [5, 5.41) is 3.18. The van der Waals surface area contributed by atoms with Gasteiger partial charge in [-0.1, -0.05) is 13.3 Å². The minimum atomic E-state index is 0.000885. The maximum absolute atomic E-state index is 12.4. The minimum absolute atomic E-state index is 0.000885. The number of anilines is 1. The van der Waals surface area contributed by atoms with Gasteiger partial charge in [-0.3, -0.25) is 4.79 Å². The third-order valence-electron chi connectivity index (χ3n) is 2.97. The van der Waals surface area contributed by atoms with Crippen LogP contribution in [0.2, 0.25) is 0 Å². The van der Waals surface area contributed by atoms with Crippen molar-refractivity contribution in [1.82, 2.24) is 9.88 Å². The van der Waals surface area contributed by atoms with E-state index < -0.39 is 0 Å². The van der Waals surface area contributed by atoms with E-state index in [0.29, 0.717) is 18.7 Å².